The number of para-hydroxylation sites is 1. The van der Waals surface area contributed by atoms with Crippen LogP contribution in [-0.4, -0.2) is 40.9 Å². The molecule has 0 unspecified atom stereocenters. The number of thiazole rings is 1. The van der Waals surface area contributed by atoms with E-state index in [1.807, 2.05) is 24.3 Å². The summed E-state index contributed by atoms with van der Waals surface area (Å²) in [4.78, 5) is 34.0. The van der Waals surface area contributed by atoms with Gasteiger partial charge in [0.2, 0.25) is 0 Å². The molecule has 0 saturated carbocycles. The summed E-state index contributed by atoms with van der Waals surface area (Å²) in [6.07, 6.45) is 1.55. The Labute approximate surface area is 148 Å². The van der Waals surface area contributed by atoms with Crippen molar-refractivity contribution in [1.29, 1.82) is 0 Å². The first kappa shape index (κ1) is 16.8. The minimum atomic E-state index is -0.262. The number of carbonyl (C=O) groups is 2. The van der Waals surface area contributed by atoms with Crippen molar-refractivity contribution >= 4 is 38.6 Å². The van der Waals surface area contributed by atoms with E-state index in [4.69, 9.17) is 0 Å². The molecule has 0 spiro atoms. The average molecular weight is 355 g/mol. The number of aromatic nitrogens is 2. The number of fused-ring (bicyclic) bond motifs is 1. The molecule has 3 rings (SSSR count). The molecule has 0 fully saturated rings. The largest absolute Gasteiger partial charge is 0.332 e. The second kappa shape index (κ2) is 7.27. The van der Waals surface area contributed by atoms with E-state index in [2.05, 4.69) is 20.6 Å². The van der Waals surface area contributed by atoms with Gasteiger partial charge in [-0.05, 0) is 24.3 Å². The molecule has 3 aromatic rings. The van der Waals surface area contributed by atoms with Crippen LogP contribution in [0.4, 0.5) is 9.93 Å². The Morgan fingerprint density at radius 1 is 1.20 bits per heavy atom. The fraction of sp³-hybridized carbons (Fsp3) is 0.176. The van der Waals surface area contributed by atoms with Crippen LogP contribution in [0.5, 0.6) is 0 Å². The fourth-order valence-corrected chi connectivity index (χ4v) is 3.00. The summed E-state index contributed by atoms with van der Waals surface area (Å²) in [5.41, 5.74) is 1.92. The lowest BCUT2D eigenvalue weighted by atomic mass is 10.2. The summed E-state index contributed by atoms with van der Waals surface area (Å²) < 4.78 is 1.01. The standard InChI is InChI=1S/C17H17N5O2S/c1-22(2)17(24)19-10-12-9-11(7-8-18-12)15(23)21-16-20-13-5-3-4-6-14(13)25-16/h3-9H,10H2,1-2H3,(H,19,24)(H,20,21,23). The first-order valence-electron chi connectivity index (χ1n) is 7.60. The summed E-state index contributed by atoms with van der Waals surface area (Å²) in [5, 5.41) is 6.06. The van der Waals surface area contributed by atoms with Gasteiger partial charge < -0.3 is 10.2 Å². The van der Waals surface area contributed by atoms with Gasteiger partial charge in [0.25, 0.3) is 5.91 Å². The van der Waals surface area contributed by atoms with Gasteiger partial charge in [0, 0.05) is 25.9 Å². The molecule has 128 valence electrons. The highest BCUT2D eigenvalue weighted by atomic mass is 32.1. The Bertz CT molecular complexity index is 889. The van der Waals surface area contributed by atoms with E-state index in [9.17, 15) is 9.59 Å². The number of benzene rings is 1. The molecule has 0 aliphatic heterocycles. The molecule has 2 heterocycles. The maximum absolute atomic E-state index is 12.4. The first-order chi connectivity index (χ1) is 12.0. The fourth-order valence-electron chi connectivity index (χ4n) is 2.14. The molecule has 0 aliphatic rings. The van der Waals surface area contributed by atoms with Crippen LogP contribution in [0.25, 0.3) is 10.2 Å². The lowest BCUT2D eigenvalue weighted by Gasteiger charge is -2.11. The number of carbonyl (C=O) groups excluding carboxylic acids is 2. The van der Waals surface area contributed by atoms with Gasteiger partial charge in [0.1, 0.15) is 0 Å². The zero-order valence-electron chi connectivity index (χ0n) is 13.8. The van der Waals surface area contributed by atoms with Crippen LogP contribution in [0, 0.1) is 0 Å². The van der Waals surface area contributed by atoms with E-state index in [0.717, 1.165) is 10.2 Å². The van der Waals surface area contributed by atoms with Crippen LogP contribution in [-0.2, 0) is 6.54 Å². The van der Waals surface area contributed by atoms with E-state index in [-0.39, 0.29) is 18.5 Å². The summed E-state index contributed by atoms with van der Waals surface area (Å²) in [6, 6.07) is 10.8. The molecule has 0 bridgehead atoms. The minimum Gasteiger partial charge on any atom is -0.332 e. The summed E-state index contributed by atoms with van der Waals surface area (Å²) in [6.45, 7) is 0.249. The van der Waals surface area contributed by atoms with Crippen molar-refractivity contribution in [2.45, 2.75) is 6.54 Å². The van der Waals surface area contributed by atoms with Crippen molar-refractivity contribution < 1.29 is 9.59 Å². The Morgan fingerprint density at radius 3 is 2.76 bits per heavy atom. The van der Waals surface area contributed by atoms with Gasteiger partial charge >= 0.3 is 6.03 Å². The molecule has 0 atom stereocenters. The maximum Gasteiger partial charge on any atom is 0.317 e. The van der Waals surface area contributed by atoms with Gasteiger partial charge in [0.15, 0.2) is 5.13 Å². The molecular weight excluding hydrogens is 338 g/mol. The first-order valence-corrected chi connectivity index (χ1v) is 8.41. The molecule has 0 radical (unpaired) electrons. The Morgan fingerprint density at radius 2 is 2.00 bits per heavy atom. The van der Waals surface area contributed by atoms with Crippen molar-refractivity contribution in [2.24, 2.45) is 0 Å². The number of nitrogens with one attached hydrogen (secondary N) is 2. The van der Waals surface area contributed by atoms with Gasteiger partial charge in [-0.25, -0.2) is 9.78 Å². The van der Waals surface area contributed by atoms with Gasteiger partial charge in [-0.15, -0.1) is 0 Å². The number of nitrogens with zero attached hydrogens (tertiary/aromatic N) is 3. The lowest BCUT2D eigenvalue weighted by molar-refractivity contribution is 0.102. The predicted octanol–water partition coefficient (Wildman–Crippen LogP) is 2.71. The van der Waals surface area contributed by atoms with E-state index in [0.29, 0.717) is 16.4 Å². The Kier molecular flexibility index (Phi) is 4.90. The monoisotopic (exact) mass is 355 g/mol. The molecule has 2 aromatic heterocycles. The third kappa shape index (κ3) is 4.10. The van der Waals surface area contributed by atoms with Crippen molar-refractivity contribution in [1.82, 2.24) is 20.2 Å². The smallest absolute Gasteiger partial charge is 0.317 e. The number of urea groups is 1. The van der Waals surface area contributed by atoms with E-state index < -0.39 is 0 Å². The lowest BCUT2D eigenvalue weighted by Crippen LogP contribution is -2.34. The van der Waals surface area contributed by atoms with Gasteiger partial charge in [-0.3, -0.25) is 15.1 Å². The second-order valence-electron chi connectivity index (χ2n) is 5.53. The average Bonchev–Trinajstić information content (AvgIpc) is 3.02. The molecule has 1 aromatic carbocycles. The predicted molar refractivity (Wildman–Crippen MR) is 97.7 cm³/mol. The maximum atomic E-state index is 12.4. The molecule has 3 amide bonds. The van der Waals surface area contributed by atoms with Crippen LogP contribution in [0.1, 0.15) is 16.1 Å². The SMILES string of the molecule is CN(C)C(=O)NCc1cc(C(=O)Nc2nc3ccccc3s2)ccn1. The molecule has 2 N–H and O–H groups in total. The highest BCUT2D eigenvalue weighted by Gasteiger charge is 2.11. The molecule has 0 aliphatic carbocycles. The Balaban J connectivity index is 1.69. The van der Waals surface area contributed by atoms with E-state index in [1.165, 1.54) is 16.2 Å². The van der Waals surface area contributed by atoms with Crippen molar-refractivity contribution in [3.63, 3.8) is 0 Å². The van der Waals surface area contributed by atoms with Gasteiger partial charge in [-0.1, -0.05) is 23.5 Å². The summed E-state index contributed by atoms with van der Waals surface area (Å²) in [7, 11) is 3.31. The Hall–Kier alpha value is -3.00. The molecule has 0 saturated heterocycles. The highest BCUT2D eigenvalue weighted by molar-refractivity contribution is 7.22. The van der Waals surface area contributed by atoms with Crippen LogP contribution in [0.15, 0.2) is 42.6 Å². The number of hydrogen-bond donors (Lipinski definition) is 2. The van der Waals surface area contributed by atoms with Crippen molar-refractivity contribution in [2.75, 3.05) is 19.4 Å². The van der Waals surface area contributed by atoms with Gasteiger partial charge in [-0.2, -0.15) is 0 Å². The second-order valence-corrected chi connectivity index (χ2v) is 6.56. The van der Waals surface area contributed by atoms with Crippen LogP contribution in [0.3, 0.4) is 0 Å². The molecule has 7 nitrogen and oxygen atoms in total. The van der Waals surface area contributed by atoms with Crippen molar-refractivity contribution in [3.8, 4) is 0 Å². The number of hydrogen-bond acceptors (Lipinski definition) is 5. The molecule has 25 heavy (non-hydrogen) atoms. The number of amides is 3. The number of rotatable bonds is 4. The third-order valence-corrected chi connectivity index (χ3v) is 4.37. The van der Waals surface area contributed by atoms with E-state index in [1.54, 1.807) is 32.4 Å². The topological polar surface area (TPSA) is 87.2 Å². The molecular formula is C17H17N5O2S. The highest BCUT2D eigenvalue weighted by Crippen LogP contribution is 2.25. The zero-order valence-corrected chi connectivity index (χ0v) is 14.6. The van der Waals surface area contributed by atoms with Crippen molar-refractivity contribution in [3.05, 3.63) is 53.9 Å². The number of pyridine rings is 1. The number of anilines is 1. The molecule has 8 heteroatoms. The zero-order chi connectivity index (χ0) is 17.8. The summed E-state index contributed by atoms with van der Waals surface area (Å²) >= 11 is 1.42. The summed E-state index contributed by atoms with van der Waals surface area (Å²) in [5.74, 6) is -0.262. The van der Waals surface area contributed by atoms with Crippen LogP contribution in [0.2, 0.25) is 0 Å². The minimum absolute atomic E-state index is 0.217. The van der Waals surface area contributed by atoms with Gasteiger partial charge in [0.05, 0.1) is 22.5 Å². The quantitative estimate of drug-likeness (QED) is 0.753. The van der Waals surface area contributed by atoms with Crippen LogP contribution < -0.4 is 10.6 Å². The van der Waals surface area contributed by atoms with Crippen LogP contribution >= 0.6 is 11.3 Å². The normalized spacial score (nSPS) is 10.5. The third-order valence-electron chi connectivity index (χ3n) is 3.42. The van der Waals surface area contributed by atoms with E-state index >= 15 is 0 Å².